The van der Waals surface area contributed by atoms with E-state index in [0.717, 1.165) is 36.3 Å². The summed E-state index contributed by atoms with van der Waals surface area (Å²) in [5.74, 6) is 0.124. The van der Waals surface area contributed by atoms with Crippen LogP contribution < -0.4 is 9.62 Å². The average Bonchev–Trinajstić information content (AvgIpc) is 2.59. The highest BCUT2D eigenvalue weighted by molar-refractivity contribution is 7.92. The van der Waals surface area contributed by atoms with Gasteiger partial charge in [-0.15, -0.1) is 0 Å². The summed E-state index contributed by atoms with van der Waals surface area (Å²) < 4.78 is 27.4. The molecule has 0 amide bonds. The summed E-state index contributed by atoms with van der Waals surface area (Å²) in [5.41, 5.74) is 3.89. The lowest BCUT2D eigenvalue weighted by Gasteiger charge is -2.22. The molecule has 0 unspecified atom stereocenters. The van der Waals surface area contributed by atoms with Crippen LogP contribution in [0, 0.1) is 6.92 Å². The third kappa shape index (κ3) is 5.78. The summed E-state index contributed by atoms with van der Waals surface area (Å²) >= 11 is 0. The van der Waals surface area contributed by atoms with E-state index in [4.69, 9.17) is 0 Å². The number of rotatable bonds is 9. The van der Waals surface area contributed by atoms with Crippen LogP contribution >= 0.6 is 0 Å². The second kappa shape index (κ2) is 8.90. The Morgan fingerprint density at radius 1 is 1.00 bits per heavy atom. The predicted octanol–water partition coefficient (Wildman–Crippen LogP) is 4.22. The van der Waals surface area contributed by atoms with Crippen molar-refractivity contribution in [2.75, 3.05) is 28.5 Å². The van der Waals surface area contributed by atoms with Crippen LogP contribution in [0.5, 0.6) is 0 Å². The van der Waals surface area contributed by atoms with Crippen LogP contribution in [0.2, 0.25) is 0 Å². The van der Waals surface area contributed by atoms with Crippen molar-refractivity contribution >= 4 is 21.4 Å². The zero-order valence-electron chi connectivity index (χ0n) is 15.3. The van der Waals surface area contributed by atoms with Crippen molar-refractivity contribution in [3.63, 3.8) is 0 Å². The molecule has 0 radical (unpaired) electrons. The van der Waals surface area contributed by atoms with Crippen LogP contribution in [0.3, 0.4) is 0 Å². The third-order valence-corrected chi connectivity index (χ3v) is 5.68. The van der Waals surface area contributed by atoms with Gasteiger partial charge in [0, 0.05) is 18.8 Å². The van der Waals surface area contributed by atoms with E-state index in [1.54, 1.807) is 0 Å². The first-order valence-electron chi connectivity index (χ1n) is 8.85. The number of anilines is 2. The lowest BCUT2D eigenvalue weighted by atomic mass is 10.1. The van der Waals surface area contributed by atoms with Crippen LogP contribution in [0.15, 0.2) is 48.5 Å². The molecule has 0 saturated heterocycles. The summed E-state index contributed by atoms with van der Waals surface area (Å²) in [5, 5.41) is 0. The van der Waals surface area contributed by atoms with Gasteiger partial charge in [-0.25, -0.2) is 8.42 Å². The topological polar surface area (TPSA) is 49.4 Å². The Balaban J connectivity index is 1.97. The number of aryl methyl sites for hydroxylation is 2. The molecule has 0 heterocycles. The molecule has 2 aromatic carbocycles. The molecule has 4 nitrogen and oxygen atoms in total. The van der Waals surface area contributed by atoms with Gasteiger partial charge in [0.05, 0.1) is 11.4 Å². The lowest BCUT2D eigenvalue weighted by molar-refractivity contribution is 0.598. The zero-order valence-corrected chi connectivity index (χ0v) is 16.1. The van der Waals surface area contributed by atoms with E-state index in [1.165, 1.54) is 0 Å². The number of sulfonamides is 1. The molecule has 0 aliphatic heterocycles. The molecule has 0 aliphatic carbocycles. The molecule has 5 heteroatoms. The first kappa shape index (κ1) is 19.3. The highest BCUT2D eigenvalue weighted by Crippen LogP contribution is 2.23. The second-order valence-corrected chi connectivity index (χ2v) is 8.02. The molecular formula is C20H28N2O2S. The Bertz CT molecular complexity index is 770. The summed E-state index contributed by atoms with van der Waals surface area (Å²) in [4.78, 5) is 2.24. The minimum Gasteiger partial charge on any atom is -0.372 e. The van der Waals surface area contributed by atoms with E-state index in [0.29, 0.717) is 12.1 Å². The maximum Gasteiger partial charge on any atom is 0.232 e. The van der Waals surface area contributed by atoms with Gasteiger partial charge in [0.2, 0.25) is 10.0 Å². The van der Waals surface area contributed by atoms with Gasteiger partial charge >= 0.3 is 0 Å². The molecule has 0 spiro atoms. The monoisotopic (exact) mass is 360 g/mol. The van der Waals surface area contributed by atoms with Gasteiger partial charge in [-0.2, -0.15) is 0 Å². The molecule has 0 fully saturated rings. The SMILES string of the molecule is CCN(CC)c1ccc(NS(=O)(=O)CCCc2ccccc2)c(C)c1. The minimum absolute atomic E-state index is 0.124. The predicted molar refractivity (Wildman–Crippen MR) is 107 cm³/mol. The summed E-state index contributed by atoms with van der Waals surface area (Å²) in [7, 11) is -3.34. The lowest BCUT2D eigenvalue weighted by Crippen LogP contribution is -2.22. The molecule has 0 atom stereocenters. The van der Waals surface area contributed by atoms with Gasteiger partial charge in [0.25, 0.3) is 0 Å². The maximum absolute atomic E-state index is 12.4. The third-order valence-electron chi connectivity index (χ3n) is 4.33. The number of nitrogens with zero attached hydrogens (tertiary/aromatic N) is 1. The van der Waals surface area contributed by atoms with Crippen molar-refractivity contribution in [3.8, 4) is 0 Å². The van der Waals surface area contributed by atoms with E-state index in [2.05, 4.69) is 23.5 Å². The molecule has 136 valence electrons. The Hall–Kier alpha value is -2.01. The largest absolute Gasteiger partial charge is 0.372 e. The fourth-order valence-electron chi connectivity index (χ4n) is 2.88. The molecular weight excluding hydrogens is 332 g/mol. The van der Waals surface area contributed by atoms with Crippen molar-refractivity contribution in [1.29, 1.82) is 0 Å². The Morgan fingerprint density at radius 3 is 2.28 bits per heavy atom. The number of benzene rings is 2. The summed E-state index contributed by atoms with van der Waals surface area (Å²) in [6.45, 7) is 8.03. The van der Waals surface area contributed by atoms with Gasteiger partial charge in [0.1, 0.15) is 0 Å². The molecule has 25 heavy (non-hydrogen) atoms. The maximum atomic E-state index is 12.4. The fraction of sp³-hybridized carbons (Fsp3) is 0.400. The molecule has 1 N–H and O–H groups in total. The molecule has 0 bridgehead atoms. The highest BCUT2D eigenvalue weighted by atomic mass is 32.2. The number of hydrogen-bond donors (Lipinski definition) is 1. The van der Waals surface area contributed by atoms with Crippen molar-refractivity contribution in [3.05, 3.63) is 59.7 Å². The van der Waals surface area contributed by atoms with Crippen molar-refractivity contribution in [2.24, 2.45) is 0 Å². The smallest absolute Gasteiger partial charge is 0.232 e. The number of nitrogens with one attached hydrogen (secondary N) is 1. The second-order valence-electron chi connectivity index (χ2n) is 6.18. The van der Waals surface area contributed by atoms with Crippen molar-refractivity contribution in [1.82, 2.24) is 0 Å². The normalized spacial score (nSPS) is 11.3. The summed E-state index contributed by atoms with van der Waals surface area (Å²) in [6, 6.07) is 15.8. The molecule has 0 aliphatic rings. The standard InChI is InChI=1S/C20H28N2O2S/c1-4-22(5-2)19-13-14-20(17(3)16-19)21-25(23,24)15-9-12-18-10-7-6-8-11-18/h6-8,10-11,13-14,16,21H,4-5,9,12,15H2,1-3H3. The van der Waals surface area contributed by atoms with Gasteiger partial charge in [-0.3, -0.25) is 4.72 Å². The van der Waals surface area contributed by atoms with E-state index >= 15 is 0 Å². The van der Waals surface area contributed by atoms with E-state index < -0.39 is 10.0 Å². The first-order chi connectivity index (χ1) is 11.9. The molecule has 0 aromatic heterocycles. The van der Waals surface area contributed by atoms with Crippen LogP contribution in [-0.2, 0) is 16.4 Å². The summed E-state index contributed by atoms with van der Waals surface area (Å²) in [6.07, 6.45) is 1.37. The van der Waals surface area contributed by atoms with E-state index in [1.807, 2.05) is 55.5 Å². The average molecular weight is 361 g/mol. The van der Waals surface area contributed by atoms with Crippen molar-refractivity contribution in [2.45, 2.75) is 33.6 Å². The van der Waals surface area contributed by atoms with Crippen LogP contribution in [0.4, 0.5) is 11.4 Å². The quantitative estimate of drug-likeness (QED) is 0.728. The van der Waals surface area contributed by atoms with Crippen LogP contribution in [0.25, 0.3) is 0 Å². The molecule has 0 saturated carbocycles. The van der Waals surface area contributed by atoms with Crippen molar-refractivity contribution < 1.29 is 8.42 Å². The Labute approximate surface area is 151 Å². The highest BCUT2D eigenvalue weighted by Gasteiger charge is 2.13. The van der Waals surface area contributed by atoms with E-state index in [9.17, 15) is 8.42 Å². The fourth-order valence-corrected chi connectivity index (χ4v) is 4.07. The van der Waals surface area contributed by atoms with Crippen LogP contribution in [-0.4, -0.2) is 27.3 Å². The number of hydrogen-bond acceptors (Lipinski definition) is 3. The molecule has 2 rings (SSSR count). The minimum atomic E-state index is -3.34. The Morgan fingerprint density at radius 2 is 1.68 bits per heavy atom. The zero-order chi connectivity index (χ0) is 18.3. The van der Waals surface area contributed by atoms with E-state index in [-0.39, 0.29) is 5.75 Å². The van der Waals surface area contributed by atoms with Gasteiger partial charge < -0.3 is 4.90 Å². The van der Waals surface area contributed by atoms with Crippen LogP contribution in [0.1, 0.15) is 31.4 Å². The van der Waals surface area contributed by atoms with Gasteiger partial charge in [-0.1, -0.05) is 30.3 Å². The van der Waals surface area contributed by atoms with Gasteiger partial charge in [-0.05, 0) is 62.9 Å². The molecule has 2 aromatic rings. The first-order valence-corrected chi connectivity index (χ1v) is 10.5. The Kier molecular flexibility index (Phi) is 6.88. The van der Waals surface area contributed by atoms with Gasteiger partial charge in [0.15, 0.2) is 0 Å².